The van der Waals surface area contributed by atoms with Crippen molar-refractivity contribution in [2.45, 2.75) is 35.4 Å². The Labute approximate surface area is 193 Å². The number of thiocarbonyl (C=S) groups is 1. The number of furan rings is 1. The number of hydrogen-bond acceptors (Lipinski definition) is 5. The molecule has 0 saturated carbocycles. The van der Waals surface area contributed by atoms with Crippen LogP contribution in [0.15, 0.2) is 75.2 Å². The molecule has 31 heavy (non-hydrogen) atoms. The van der Waals surface area contributed by atoms with E-state index in [4.69, 9.17) is 16.6 Å². The lowest BCUT2D eigenvalue weighted by atomic mass is 10.0. The van der Waals surface area contributed by atoms with Crippen molar-refractivity contribution in [1.82, 2.24) is 20.1 Å². The fourth-order valence-electron chi connectivity index (χ4n) is 3.78. The standard InChI is InChI=1S/C24H28N4OS2/c1-17-8-10-18(11-9-17)31-21-13-12-20(29-21)23-22(19-7-4-5-14-25-19)26-24(30)28(23)16-6-15-27(2)3/h4-5,7-14,22-23H,6,15-16H2,1-3H3,(H,26,30)/t22-,23+/m1/s1. The smallest absolute Gasteiger partial charge is 0.170 e. The first-order chi connectivity index (χ1) is 15.0. The lowest BCUT2D eigenvalue weighted by Crippen LogP contribution is -2.32. The predicted molar refractivity (Wildman–Crippen MR) is 129 cm³/mol. The van der Waals surface area contributed by atoms with E-state index in [1.807, 2.05) is 24.4 Å². The molecule has 1 N–H and O–H groups in total. The molecule has 3 aromatic rings. The molecule has 0 spiro atoms. The molecule has 7 heteroatoms. The summed E-state index contributed by atoms with van der Waals surface area (Å²) in [5.41, 5.74) is 2.22. The number of hydrogen-bond donors (Lipinski definition) is 1. The highest BCUT2D eigenvalue weighted by Crippen LogP contribution is 2.41. The number of nitrogens with one attached hydrogen (secondary N) is 1. The third-order valence-electron chi connectivity index (χ3n) is 5.34. The first-order valence-corrected chi connectivity index (χ1v) is 11.7. The maximum atomic E-state index is 6.34. The molecule has 3 heterocycles. The predicted octanol–water partition coefficient (Wildman–Crippen LogP) is 5.06. The quantitative estimate of drug-likeness (QED) is 0.479. The highest BCUT2D eigenvalue weighted by atomic mass is 32.2. The van der Waals surface area contributed by atoms with Gasteiger partial charge in [-0.15, -0.1) is 0 Å². The average Bonchev–Trinajstić information content (AvgIpc) is 3.34. The van der Waals surface area contributed by atoms with Crippen molar-refractivity contribution < 1.29 is 4.42 Å². The molecule has 1 saturated heterocycles. The molecule has 0 unspecified atom stereocenters. The largest absolute Gasteiger partial charge is 0.452 e. The SMILES string of the molecule is Cc1ccc(Sc2ccc([C@H]3[C@@H](c4ccccn4)NC(=S)N3CCCN(C)C)o2)cc1. The van der Waals surface area contributed by atoms with E-state index >= 15 is 0 Å². The zero-order valence-electron chi connectivity index (χ0n) is 18.1. The van der Waals surface area contributed by atoms with Gasteiger partial charge in [0, 0.05) is 17.6 Å². The first-order valence-electron chi connectivity index (χ1n) is 10.5. The Morgan fingerprint density at radius 3 is 2.65 bits per heavy atom. The van der Waals surface area contributed by atoms with Crippen LogP contribution >= 0.6 is 24.0 Å². The Kier molecular flexibility index (Phi) is 6.95. The van der Waals surface area contributed by atoms with Crippen LogP contribution in [0, 0.1) is 6.92 Å². The summed E-state index contributed by atoms with van der Waals surface area (Å²) in [5.74, 6) is 0.905. The van der Waals surface area contributed by atoms with Gasteiger partial charge < -0.3 is 19.5 Å². The van der Waals surface area contributed by atoms with Crippen LogP contribution in [0.5, 0.6) is 0 Å². The summed E-state index contributed by atoms with van der Waals surface area (Å²) in [6, 6.07) is 18.5. The van der Waals surface area contributed by atoms with Gasteiger partial charge in [0.2, 0.25) is 0 Å². The number of rotatable bonds is 8. The van der Waals surface area contributed by atoms with Gasteiger partial charge in [-0.05, 0) is 82.6 Å². The molecule has 0 bridgehead atoms. The van der Waals surface area contributed by atoms with Crippen LogP contribution in [-0.2, 0) is 0 Å². The van der Waals surface area contributed by atoms with E-state index in [9.17, 15) is 0 Å². The van der Waals surface area contributed by atoms with Gasteiger partial charge in [-0.2, -0.15) is 0 Å². The Balaban J connectivity index is 1.59. The summed E-state index contributed by atoms with van der Waals surface area (Å²) in [4.78, 5) is 10.2. The Morgan fingerprint density at radius 1 is 1.13 bits per heavy atom. The molecule has 2 aromatic heterocycles. The lowest BCUT2D eigenvalue weighted by molar-refractivity contribution is 0.249. The van der Waals surface area contributed by atoms with Crippen molar-refractivity contribution in [2.75, 3.05) is 27.2 Å². The third-order valence-corrected chi connectivity index (χ3v) is 6.62. The molecule has 1 aliphatic rings. The zero-order chi connectivity index (χ0) is 21.8. The van der Waals surface area contributed by atoms with Gasteiger partial charge in [-0.3, -0.25) is 4.98 Å². The van der Waals surface area contributed by atoms with Crippen molar-refractivity contribution >= 4 is 29.1 Å². The zero-order valence-corrected chi connectivity index (χ0v) is 19.7. The van der Waals surface area contributed by atoms with Gasteiger partial charge >= 0.3 is 0 Å². The highest BCUT2D eigenvalue weighted by Gasteiger charge is 2.41. The second-order valence-corrected chi connectivity index (χ2v) is 9.51. The Hall–Kier alpha value is -2.35. The lowest BCUT2D eigenvalue weighted by Gasteiger charge is -2.26. The molecule has 162 valence electrons. The molecule has 2 atom stereocenters. The second kappa shape index (κ2) is 9.85. The topological polar surface area (TPSA) is 44.5 Å². The molecule has 1 aliphatic heterocycles. The van der Waals surface area contributed by atoms with Crippen molar-refractivity contribution in [1.29, 1.82) is 0 Å². The highest BCUT2D eigenvalue weighted by molar-refractivity contribution is 7.99. The number of aromatic nitrogens is 1. The average molecular weight is 453 g/mol. The maximum absolute atomic E-state index is 6.34. The van der Waals surface area contributed by atoms with Gasteiger partial charge in [0.05, 0.1) is 11.7 Å². The van der Waals surface area contributed by atoms with Crippen LogP contribution in [0.3, 0.4) is 0 Å². The Bertz CT molecular complexity index is 1000. The van der Waals surface area contributed by atoms with Crippen LogP contribution in [-0.4, -0.2) is 47.1 Å². The van der Waals surface area contributed by atoms with Crippen molar-refractivity contribution in [3.63, 3.8) is 0 Å². The van der Waals surface area contributed by atoms with Gasteiger partial charge in [-0.1, -0.05) is 35.5 Å². The van der Waals surface area contributed by atoms with E-state index < -0.39 is 0 Å². The summed E-state index contributed by atoms with van der Waals surface area (Å²) in [7, 11) is 4.19. The van der Waals surface area contributed by atoms with Crippen LogP contribution in [0.4, 0.5) is 0 Å². The van der Waals surface area contributed by atoms with E-state index in [0.29, 0.717) is 0 Å². The summed E-state index contributed by atoms with van der Waals surface area (Å²) in [5, 5.41) is 5.12. The number of benzene rings is 1. The minimum Gasteiger partial charge on any atom is -0.452 e. The van der Waals surface area contributed by atoms with Crippen molar-refractivity contribution in [3.8, 4) is 0 Å². The normalized spacial score (nSPS) is 18.6. The second-order valence-electron chi connectivity index (χ2n) is 8.05. The maximum Gasteiger partial charge on any atom is 0.170 e. The van der Waals surface area contributed by atoms with Crippen LogP contribution in [0.25, 0.3) is 0 Å². The molecule has 5 nitrogen and oxygen atoms in total. The minimum absolute atomic E-state index is 0.0306. The molecule has 1 aromatic carbocycles. The molecular weight excluding hydrogens is 424 g/mol. The van der Waals surface area contributed by atoms with E-state index in [0.717, 1.165) is 46.1 Å². The third kappa shape index (κ3) is 5.29. The van der Waals surface area contributed by atoms with Gasteiger partial charge in [-0.25, -0.2) is 0 Å². The van der Waals surface area contributed by atoms with E-state index in [1.165, 1.54) is 5.56 Å². The number of nitrogens with zero attached hydrogens (tertiary/aromatic N) is 3. The monoisotopic (exact) mass is 452 g/mol. The molecular formula is C24H28N4OS2. The van der Waals surface area contributed by atoms with Gasteiger partial charge in [0.1, 0.15) is 11.8 Å². The number of aryl methyl sites for hydroxylation is 1. The summed E-state index contributed by atoms with van der Waals surface area (Å²) in [6.07, 6.45) is 2.85. The molecule has 0 amide bonds. The summed E-state index contributed by atoms with van der Waals surface area (Å²) < 4.78 is 6.34. The van der Waals surface area contributed by atoms with E-state index in [2.05, 4.69) is 77.5 Å². The summed E-state index contributed by atoms with van der Waals surface area (Å²) in [6.45, 7) is 3.96. The van der Waals surface area contributed by atoms with Crippen molar-refractivity contribution in [3.05, 3.63) is 77.8 Å². The minimum atomic E-state index is -0.0450. The van der Waals surface area contributed by atoms with E-state index in [1.54, 1.807) is 11.8 Å². The molecule has 1 fully saturated rings. The fourth-order valence-corrected chi connectivity index (χ4v) is 4.89. The van der Waals surface area contributed by atoms with Crippen LogP contribution < -0.4 is 5.32 Å². The molecule has 0 radical (unpaired) electrons. The van der Waals surface area contributed by atoms with Crippen LogP contribution in [0.1, 0.15) is 35.5 Å². The van der Waals surface area contributed by atoms with Crippen LogP contribution in [0.2, 0.25) is 0 Å². The van der Waals surface area contributed by atoms with E-state index in [-0.39, 0.29) is 12.1 Å². The number of pyridine rings is 1. The first kappa shape index (κ1) is 21.9. The Morgan fingerprint density at radius 2 is 1.94 bits per heavy atom. The summed E-state index contributed by atoms with van der Waals surface area (Å²) >= 11 is 7.36. The van der Waals surface area contributed by atoms with Crippen molar-refractivity contribution in [2.24, 2.45) is 0 Å². The fraction of sp³-hybridized carbons (Fsp3) is 0.333. The molecule has 4 rings (SSSR count). The van der Waals surface area contributed by atoms with Gasteiger partial charge in [0.25, 0.3) is 0 Å². The van der Waals surface area contributed by atoms with Gasteiger partial charge in [0.15, 0.2) is 10.2 Å². The molecule has 0 aliphatic carbocycles.